The highest BCUT2D eigenvalue weighted by Crippen LogP contribution is 2.11. The summed E-state index contributed by atoms with van der Waals surface area (Å²) in [5, 5.41) is 11.8. The van der Waals surface area contributed by atoms with Gasteiger partial charge in [0.05, 0.1) is 5.69 Å². The Morgan fingerprint density at radius 2 is 2.43 bits per heavy atom. The van der Waals surface area contributed by atoms with Crippen molar-refractivity contribution < 1.29 is 4.79 Å². The summed E-state index contributed by atoms with van der Waals surface area (Å²) in [5.74, 6) is -0.469. The van der Waals surface area contributed by atoms with Crippen LogP contribution in [0.15, 0.2) is 21.6 Å². The number of rotatable bonds is 2. The molecule has 72 valence electrons. The number of nitrogens with zero attached hydrogens (tertiary/aromatic N) is 1. The van der Waals surface area contributed by atoms with E-state index >= 15 is 0 Å². The molecule has 2 aromatic heterocycles. The molecule has 0 unspecified atom stereocenters. The minimum Gasteiger partial charge on any atom is -0.318 e. The number of aromatic amines is 2. The minimum absolute atomic E-state index is 0.0267. The third-order valence-electron chi connectivity index (χ3n) is 1.50. The van der Waals surface area contributed by atoms with Gasteiger partial charge in [-0.15, -0.1) is 5.10 Å². The molecule has 7 heteroatoms. The minimum atomic E-state index is -0.500. The molecule has 0 aromatic carbocycles. The van der Waals surface area contributed by atoms with Gasteiger partial charge in [0.2, 0.25) is 5.82 Å². The van der Waals surface area contributed by atoms with Crippen molar-refractivity contribution in [1.29, 1.82) is 0 Å². The number of nitrogens with one attached hydrogen (secondary N) is 3. The Hall–Kier alpha value is -1.89. The van der Waals surface area contributed by atoms with Gasteiger partial charge >= 0.3 is 5.69 Å². The smallest absolute Gasteiger partial charge is 0.318 e. The molecule has 1 amide bonds. The van der Waals surface area contributed by atoms with Crippen LogP contribution in [0.1, 0.15) is 10.6 Å². The van der Waals surface area contributed by atoms with Gasteiger partial charge in [-0.05, 0) is 11.4 Å². The van der Waals surface area contributed by atoms with Crippen molar-refractivity contribution in [2.75, 3.05) is 5.32 Å². The summed E-state index contributed by atoms with van der Waals surface area (Å²) in [5.41, 5.74) is 0.185. The zero-order chi connectivity index (χ0) is 9.97. The Bertz CT molecular complexity index is 484. The molecule has 14 heavy (non-hydrogen) atoms. The van der Waals surface area contributed by atoms with Crippen molar-refractivity contribution in [3.05, 3.63) is 33.1 Å². The maximum atomic E-state index is 11.4. The highest BCUT2D eigenvalue weighted by atomic mass is 32.1. The monoisotopic (exact) mass is 210 g/mol. The van der Waals surface area contributed by atoms with Crippen LogP contribution in [0, 0.1) is 0 Å². The third-order valence-corrected chi connectivity index (χ3v) is 2.18. The SMILES string of the molecule is O=C(Nc1ccsc1)c1n[nH]c(=O)[nH]1. The fourth-order valence-electron chi connectivity index (χ4n) is 0.904. The Morgan fingerprint density at radius 3 is 3.00 bits per heavy atom. The molecule has 0 fully saturated rings. The Kier molecular flexibility index (Phi) is 2.15. The van der Waals surface area contributed by atoms with Gasteiger partial charge in [-0.25, -0.2) is 9.89 Å². The molecule has 0 saturated heterocycles. The first-order valence-corrected chi connectivity index (χ1v) is 4.68. The highest BCUT2D eigenvalue weighted by molar-refractivity contribution is 7.08. The first-order valence-electron chi connectivity index (χ1n) is 3.74. The van der Waals surface area contributed by atoms with Crippen LogP contribution in [0.2, 0.25) is 0 Å². The lowest BCUT2D eigenvalue weighted by atomic mass is 10.5. The lowest BCUT2D eigenvalue weighted by Crippen LogP contribution is -2.14. The summed E-state index contributed by atoms with van der Waals surface area (Å²) in [6.45, 7) is 0. The lowest BCUT2D eigenvalue weighted by molar-refractivity contribution is 0.101. The van der Waals surface area contributed by atoms with Crippen LogP contribution >= 0.6 is 11.3 Å². The molecule has 0 bridgehead atoms. The molecule has 0 radical (unpaired) electrons. The van der Waals surface area contributed by atoms with E-state index in [0.717, 1.165) is 0 Å². The molecule has 0 aliphatic heterocycles. The number of H-pyrrole nitrogens is 2. The van der Waals surface area contributed by atoms with E-state index in [-0.39, 0.29) is 5.82 Å². The van der Waals surface area contributed by atoms with E-state index in [4.69, 9.17) is 0 Å². The summed E-state index contributed by atoms with van der Waals surface area (Å²) in [6, 6.07) is 1.76. The van der Waals surface area contributed by atoms with Crippen LogP contribution < -0.4 is 11.0 Å². The van der Waals surface area contributed by atoms with E-state index in [1.54, 1.807) is 11.4 Å². The van der Waals surface area contributed by atoms with Crippen molar-refractivity contribution in [2.24, 2.45) is 0 Å². The third kappa shape index (κ3) is 1.72. The summed E-state index contributed by atoms with van der Waals surface area (Å²) < 4.78 is 0. The number of thiophene rings is 1. The van der Waals surface area contributed by atoms with E-state index in [1.807, 2.05) is 5.38 Å². The van der Waals surface area contributed by atoms with Crippen LogP contribution in [-0.4, -0.2) is 21.1 Å². The zero-order valence-electron chi connectivity index (χ0n) is 6.90. The van der Waals surface area contributed by atoms with Crippen molar-refractivity contribution in [1.82, 2.24) is 15.2 Å². The molecule has 0 saturated carbocycles. The maximum Gasteiger partial charge on any atom is 0.341 e. The van der Waals surface area contributed by atoms with Crippen molar-refractivity contribution in [2.45, 2.75) is 0 Å². The molecule has 2 heterocycles. The predicted molar refractivity (Wildman–Crippen MR) is 51.5 cm³/mol. The van der Waals surface area contributed by atoms with Crippen LogP contribution in [0.4, 0.5) is 5.69 Å². The first kappa shape index (κ1) is 8.70. The molecule has 0 atom stereocenters. The van der Waals surface area contributed by atoms with E-state index < -0.39 is 11.6 Å². The summed E-state index contributed by atoms with van der Waals surface area (Å²) >= 11 is 1.47. The quantitative estimate of drug-likeness (QED) is 0.670. The first-order chi connectivity index (χ1) is 6.75. The van der Waals surface area contributed by atoms with Gasteiger partial charge in [-0.3, -0.25) is 9.78 Å². The van der Waals surface area contributed by atoms with Crippen LogP contribution in [-0.2, 0) is 0 Å². The molecule has 6 nitrogen and oxygen atoms in total. The van der Waals surface area contributed by atoms with Gasteiger partial charge in [-0.2, -0.15) is 11.3 Å². The second-order valence-corrected chi connectivity index (χ2v) is 3.27. The van der Waals surface area contributed by atoms with Gasteiger partial charge in [0.1, 0.15) is 0 Å². The molecular formula is C7H6N4O2S. The maximum absolute atomic E-state index is 11.4. The number of hydrogen-bond donors (Lipinski definition) is 3. The van der Waals surface area contributed by atoms with Crippen molar-refractivity contribution >= 4 is 22.9 Å². The molecule has 2 rings (SSSR count). The molecule has 0 aliphatic rings. The van der Waals surface area contributed by atoms with Crippen LogP contribution in [0.25, 0.3) is 0 Å². The average Bonchev–Trinajstić information content (AvgIpc) is 2.75. The second-order valence-electron chi connectivity index (χ2n) is 2.49. The van der Waals surface area contributed by atoms with Crippen LogP contribution in [0.3, 0.4) is 0 Å². The number of carbonyl (C=O) groups excluding carboxylic acids is 1. The number of aromatic nitrogens is 3. The fourth-order valence-corrected chi connectivity index (χ4v) is 1.49. The van der Waals surface area contributed by atoms with Crippen LogP contribution in [0.5, 0.6) is 0 Å². The van der Waals surface area contributed by atoms with E-state index in [2.05, 4.69) is 20.5 Å². The molecule has 0 spiro atoms. The van der Waals surface area contributed by atoms with E-state index in [0.29, 0.717) is 5.69 Å². The topological polar surface area (TPSA) is 90.6 Å². The lowest BCUT2D eigenvalue weighted by Gasteiger charge is -1.96. The predicted octanol–water partition coefficient (Wildman–Crippen LogP) is 0.412. The summed E-state index contributed by atoms with van der Waals surface area (Å²) in [6.07, 6.45) is 0. The average molecular weight is 210 g/mol. The zero-order valence-corrected chi connectivity index (χ0v) is 7.72. The largest absolute Gasteiger partial charge is 0.341 e. The summed E-state index contributed by atoms with van der Waals surface area (Å²) in [7, 11) is 0. The van der Waals surface area contributed by atoms with E-state index in [1.165, 1.54) is 11.3 Å². The second kappa shape index (κ2) is 3.46. The summed E-state index contributed by atoms with van der Waals surface area (Å²) in [4.78, 5) is 24.3. The standard InChI is InChI=1S/C7H6N4O2S/c12-6(5-9-7(13)11-10-5)8-4-1-2-14-3-4/h1-3H,(H,8,12)(H2,9,10,11,13). The van der Waals surface area contributed by atoms with Crippen molar-refractivity contribution in [3.8, 4) is 0 Å². The Balaban J connectivity index is 2.14. The van der Waals surface area contributed by atoms with E-state index in [9.17, 15) is 9.59 Å². The molecule has 0 aliphatic carbocycles. The molecule has 3 N–H and O–H groups in total. The van der Waals surface area contributed by atoms with Gasteiger partial charge in [0, 0.05) is 5.38 Å². The number of amides is 1. The fraction of sp³-hybridized carbons (Fsp3) is 0. The van der Waals surface area contributed by atoms with Crippen molar-refractivity contribution in [3.63, 3.8) is 0 Å². The molecular weight excluding hydrogens is 204 g/mol. The van der Waals surface area contributed by atoms with Gasteiger partial charge < -0.3 is 5.32 Å². The highest BCUT2D eigenvalue weighted by Gasteiger charge is 2.09. The molecule has 2 aromatic rings. The number of hydrogen-bond acceptors (Lipinski definition) is 4. The Morgan fingerprint density at radius 1 is 1.57 bits per heavy atom. The van der Waals surface area contributed by atoms with Gasteiger partial charge in [0.25, 0.3) is 5.91 Å². The Labute approximate surface area is 82.0 Å². The van der Waals surface area contributed by atoms with Gasteiger partial charge in [0.15, 0.2) is 0 Å². The van der Waals surface area contributed by atoms with Gasteiger partial charge in [-0.1, -0.05) is 0 Å². The number of anilines is 1. The number of carbonyl (C=O) groups is 1. The normalized spacial score (nSPS) is 10.0.